The first-order valence-corrected chi connectivity index (χ1v) is 10.7. The third kappa shape index (κ3) is 4.75. The van der Waals surface area contributed by atoms with Gasteiger partial charge in [-0.05, 0) is 39.2 Å². The smallest absolute Gasteiger partial charge is 0.394 e. The van der Waals surface area contributed by atoms with Crippen LogP contribution in [0.15, 0.2) is 18.5 Å². The van der Waals surface area contributed by atoms with Crippen LogP contribution < -0.4 is 0 Å². The van der Waals surface area contributed by atoms with Gasteiger partial charge >= 0.3 is 6.18 Å². The second-order valence-corrected chi connectivity index (χ2v) is 8.62. The van der Waals surface area contributed by atoms with E-state index < -0.39 is 12.0 Å². The van der Waals surface area contributed by atoms with Crippen molar-refractivity contribution in [3.63, 3.8) is 0 Å². The lowest BCUT2D eigenvalue weighted by Crippen LogP contribution is -2.48. The summed E-state index contributed by atoms with van der Waals surface area (Å²) in [5, 5.41) is 14.1. The second-order valence-electron chi connectivity index (χ2n) is 8.62. The van der Waals surface area contributed by atoms with Gasteiger partial charge in [-0.15, -0.1) is 0 Å². The molecule has 0 spiro atoms. The minimum atomic E-state index is -4.56. The van der Waals surface area contributed by atoms with Crippen molar-refractivity contribution in [1.82, 2.24) is 24.6 Å². The minimum Gasteiger partial charge on any atom is -0.394 e. The van der Waals surface area contributed by atoms with Crippen molar-refractivity contribution < 1.29 is 23.0 Å². The first-order chi connectivity index (χ1) is 14.8. The van der Waals surface area contributed by atoms with Gasteiger partial charge in [0.25, 0.3) is 0 Å². The molecule has 1 N–H and O–H groups in total. The van der Waals surface area contributed by atoms with E-state index in [9.17, 15) is 18.3 Å². The molecule has 31 heavy (non-hydrogen) atoms. The molecule has 170 valence electrons. The summed E-state index contributed by atoms with van der Waals surface area (Å²) in [6.07, 6.45) is 0.756. The van der Waals surface area contributed by atoms with Crippen LogP contribution in [-0.4, -0.2) is 68.2 Å². The van der Waals surface area contributed by atoms with Crippen molar-refractivity contribution in [2.75, 3.05) is 26.3 Å². The number of hydrogen-bond donors (Lipinski definition) is 1. The molecule has 3 heterocycles. The summed E-state index contributed by atoms with van der Waals surface area (Å²) in [5.41, 5.74) is 2.16. The van der Waals surface area contributed by atoms with E-state index in [2.05, 4.69) is 20.0 Å². The standard InChI is InChI=1S/C21H28F3N5O2/c1-13(2)29-19(8-18(27-29)15-9-25-20(26-10-15)21(22,23)24)14-3-4-16(7-14)28-5-6-31-17(11-28)12-30/h8-10,13-14,16-17,30H,3-7,11-12H2,1-2H3/t14-,16?,17-/m0/s1. The van der Waals surface area contributed by atoms with E-state index >= 15 is 0 Å². The number of aliphatic hydroxyl groups excluding tert-OH is 1. The molecule has 0 amide bonds. The van der Waals surface area contributed by atoms with Crippen molar-refractivity contribution in [2.45, 2.75) is 63.4 Å². The number of ether oxygens (including phenoxy) is 1. The average Bonchev–Trinajstić information content (AvgIpc) is 3.41. The highest BCUT2D eigenvalue weighted by molar-refractivity contribution is 5.57. The van der Waals surface area contributed by atoms with Crippen LogP contribution in [0.1, 0.15) is 56.6 Å². The van der Waals surface area contributed by atoms with Gasteiger partial charge in [-0.3, -0.25) is 9.58 Å². The lowest BCUT2D eigenvalue weighted by molar-refractivity contribution is -0.144. The molecule has 1 aliphatic carbocycles. The average molecular weight is 439 g/mol. The van der Waals surface area contributed by atoms with Gasteiger partial charge in [0.1, 0.15) is 0 Å². The van der Waals surface area contributed by atoms with Gasteiger partial charge in [0.15, 0.2) is 0 Å². The number of nitrogens with zero attached hydrogens (tertiary/aromatic N) is 5. The number of morpholine rings is 1. The lowest BCUT2D eigenvalue weighted by Gasteiger charge is -2.36. The van der Waals surface area contributed by atoms with E-state index in [1.165, 1.54) is 12.4 Å². The van der Waals surface area contributed by atoms with E-state index in [-0.39, 0.29) is 18.8 Å². The maximum Gasteiger partial charge on any atom is 0.451 e. The third-order valence-electron chi connectivity index (χ3n) is 6.17. The van der Waals surface area contributed by atoms with Crippen molar-refractivity contribution in [1.29, 1.82) is 0 Å². The van der Waals surface area contributed by atoms with Crippen LogP contribution in [0.4, 0.5) is 13.2 Å². The van der Waals surface area contributed by atoms with Crippen LogP contribution in [0.3, 0.4) is 0 Å². The zero-order valence-electron chi connectivity index (χ0n) is 17.7. The maximum atomic E-state index is 12.8. The molecular formula is C21H28F3N5O2. The third-order valence-corrected chi connectivity index (χ3v) is 6.17. The summed E-state index contributed by atoms with van der Waals surface area (Å²) in [6.45, 7) is 6.37. The highest BCUT2D eigenvalue weighted by Crippen LogP contribution is 2.39. The Hall–Kier alpha value is -2.04. The fourth-order valence-corrected chi connectivity index (χ4v) is 4.62. The maximum absolute atomic E-state index is 12.8. The molecule has 0 radical (unpaired) electrons. The van der Waals surface area contributed by atoms with Crippen LogP contribution in [0.25, 0.3) is 11.3 Å². The van der Waals surface area contributed by atoms with E-state index in [0.29, 0.717) is 29.8 Å². The van der Waals surface area contributed by atoms with Gasteiger partial charge in [0.05, 0.1) is 25.0 Å². The van der Waals surface area contributed by atoms with Gasteiger partial charge in [0.2, 0.25) is 5.82 Å². The van der Waals surface area contributed by atoms with Crippen molar-refractivity contribution in [3.8, 4) is 11.3 Å². The summed E-state index contributed by atoms with van der Waals surface area (Å²) in [4.78, 5) is 9.35. The molecule has 10 heteroatoms. The summed E-state index contributed by atoms with van der Waals surface area (Å²) >= 11 is 0. The minimum absolute atomic E-state index is 0.0331. The molecule has 1 aliphatic heterocycles. The quantitative estimate of drug-likeness (QED) is 0.771. The number of aromatic nitrogens is 4. The molecule has 1 saturated carbocycles. The number of alkyl halides is 3. The first-order valence-electron chi connectivity index (χ1n) is 10.7. The topological polar surface area (TPSA) is 76.3 Å². The lowest BCUT2D eigenvalue weighted by atomic mass is 10.0. The Morgan fingerprint density at radius 1 is 1.23 bits per heavy atom. The fourth-order valence-electron chi connectivity index (χ4n) is 4.62. The van der Waals surface area contributed by atoms with Gasteiger partial charge in [-0.2, -0.15) is 18.3 Å². The van der Waals surface area contributed by atoms with Crippen LogP contribution >= 0.6 is 0 Å². The Morgan fingerprint density at radius 2 is 1.97 bits per heavy atom. The molecular weight excluding hydrogens is 411 g/mol. The molecule has 0 aromatic carbocycles. The second kappa shape index (κ2) is 8.84. The fraction of sp³-hybridized carbons (Fsp3) is 0.667. The van der Waals surface area contributed by atoms with E-state index in [4.69, 9.17) is 4.74 Å². The summed E-state index contributed by atoms with van der Waals surface area (Å²) in [6, 6.07) is 2.52. The summed E-state index contributed by atoms with van der Waals surface area (Å²) in [7, 11) is 0. The van der Waals surface area contributed by atoms with Crippen LogP contribution in [0, 0.1) is 0 Å². The Kier molecular flexibility index (Phi) is 6.32. The van der Waals surface area contributed by atoms with E-state index in [0.717, 1.165) is 38.0 Å². The number of rotatable bonds is 5. The SMILES string of the molecule is CC(C)n1nc(-c2cnc(C(F)(F)F)nc2)cc1[C@H]1CCC(N2CCO[C@H](CO)C2)C1. The number of halogens is 3. The van der Waals surface area contributed by atoms with Gasteiger partial charge in [0, 0.05) is 54.7 Å². The van der Waals surface area contributed by atoms with Crippen LogP contribution in [0.5, 0.6) is 0 Å². The highest BCUT2D eigenvalue weighted by atomic mass is 19.4. The summed E-state index contributed by atoms with van der Waals surface area (Å²) in [5.74, 6) is -0.829. The van der Waals surface area contributed by atoms with Crippen molar-refractivity contribution >= 4 is 0 Å². The predicted octanol–water partition coefficient (Wildman–Crippen LogP) is 3.27. The van der Waals surface area contributed by atoms with Gasteiger partial charge in [-0.1, -0.05) is 0 Å². The highest BCUT2D eigenvalue weighted by Gasteiger charge is 2.36. The molecule has 1 unspecified atom stereocenters. The molecule has 2 fully saturated rings. The Bertz CT molecular complexity index is 884. The van der Waals surface area contributed by atoms with Crippen LogP contribution in [-0.2, 0) is 10.9 Å². The first kappa shape index (κ1) is 22.2. The Morgan fingerprint density at radius 3 is 2.61 bits per heavy atom. The molecule has 0 bridgehead atoms. The molecule has 7 nitrogen and oxygen atoms in total. The predicted molar refractivity (Wildman–Crippen MR) is 107 cm³/mol. The molecule has 2 aromatic rings. The normalized spacial score (nSPS) is 25.5. The van der Waals surface area contributed by atoms with Crippen molar-refractivity contribution in [3.05, 3.63) is 30.0 Å². The monoisotopic (exact) mass is 439 g/mol. The number of aliphatic hydroxyl groups is 1. The van der Waals surface area contributed by atoms with Gasteiger partial charge < -0.3 is 9.84 Å². The number of hydrogen-bond acceptors (Lipinski definition) is 6. The van der Waals surface area contributed by atoms with Gasteiger partial charge in [-0.25, -0.2) is 9.97 Å². The van der Waals surface area contributed by atoms with Crippen molar-refractivity contribution in [2.24, 2.45) is 0 Å². The largest absolute Gasteiger partial charge is 0.451 e. The molecule has 2 aliphatic rings. The van der Waals surface area contributed by atoms with E-state index in [1.807, 2.05) is 24.6 Å². The summed E-state index contributed by atoms with van der Waals surface area (Å²) < 4.78 is 45.8. The molecule has 2 aromatic heterocycles. The zero-order chi connectivity index (χ0) is 22.2. The van der Waals surface area contributed by atoms with E-state index in [1.54, 1.807) is 0 Å². The molecule has 3 atom stereocenters. The Balaban J connectivity index is 1.53. The Labute approximate surface area is 179 Å². The molecule has 4 rings (SSSR count). The van der Waals surface area contributed by atoms with Crippen LogP contribution in [0.2, 0.25) is 0 Å². The molecule has 1 saturated heterocycles. The zero-order valence-corrected chi connectivity index (χ0v) is 17.7.